The first kappa shape index (κ1) is 25.4. The second-order valence-electron chi connectivity index (χ2n) is 7.19. The fourth-order valence-electron chi connectivity index (χ4n) is 3.71. The molecule has 0 unspecified atom stereocenters. The highest BCUT2D eigenvalue weighted by molar-refractivity contribution is 9.09. The molecule has 1 aromatic heterocycles. The molecule has 0 saturated carbocycles. The first-order chi connectivity index (χ1) is 15.8. The van der Waals surface area contributed by atoms with E-state index in [4.69, 9.17) is 6.42 Å². The second-order valence-corrected chi connectivity index (χ2v) is 10.7. The summed E-state index contributed by atoms with van der Waals surface area (Å²) in [5, 5.41) is 12.7. The number of aromatic nitrogens is 1. The van der Waals surface area contributed by atoms with E-state index < -0.39 is 14.9 Å². The predicted octanol–water partition coefficient (Wildman–Crippen LogP) is 3.08. The molecule has 1 saturated heterocycles. The van der Waals surface area contributed by atoms with Crippen LogP contribution in [0.4, 0.5) is 17.2 Å². The number of halogens is 2. The molecule has 9 nitrogen and oxygen atoms in total. The van der Waals surface area contributed by atoms with Crippen LogP contribution in [-0.4, -0.2) is 72.6 Å². The summed E-state index contributed by atoms with van der Waals surface area (Å²) < 4.78 is 28.9. The third-order valence-electron chi connectivity index (χ3n) is 5.28. The predicted molar refractivity (Wildman–Crippen MR) is 136 cm³/mol. The number of nitro groups is 1. The lowest BCUT2D eigenvalue weighted by Gasteiger charge is -2.35. The molecule has 1 aromatic carbocycles. The number of alkyl halides is 2. The van der Waals surface area contributed by atoms with Crippen LogP contribution in [0, 0.1) is 22.5 Å². The van der Waals surface area contributed by atoms with Crippen LogP contribution in [0.1, 0.15) is 5.56 Å². The lowest BCUT2D eigenvalue weighted by atomic mass is 10.1. The van der Waals surface area contributed by atoms with Gasteiger partial charge in [0.1, 0.15) is 10.7 Å². The molecule has 1 fully saturated rings. The zero-order valence-electron chi connectivity index (χ0n) is 17.7. The van der Waals surface area contributed by atoms with E-state index in [-0.39, 0.29) is 29.2 Å². The van der Waals surface area contributed by atoms with Crippen LogP contribution in [0.5, 0.6) is 0 Å². The number of rotatable bonds is 9. The van der Waals surface area contributed by atoms with Gasteiger partial charge in [0.25, 0.3) is 5.69 Å². The molecule has 0 bridgehead atoms. The van der Waals surface area contributed by atoms with E-state index in [1.807, 2.05) is 28.0 Å². The molecule has 0 N–H and O–H groups in total. The average Bonchev–Trinajstić information content (AvgIpc) is 2.83. The highest BCUT2D eigenvalue weighted by atomic mass is 79.9. The number of nitrogens with zero attached hydrogens (tertiary/aromatic N) is 5. The highest BCUT2D eigenvalue weighted by Gasteiger charge is 2.34. The molecule has 12 heteroatoms. The number of hydrogen-bond acceptors (Lipinski definition) is 7. The zero-order valence-corrected chi connectivity index (χ0v) is 21.7. The molecular formula is C21H23Br2N5O4S. The van der Waals surface area contributed by atoms with E-state index in [1.165, 1.54) is 10.4 Å². The maximum absolute atomic E-state index is 13.8. The first-order valence-corrected chi connectivity index (χ1v) is 13.8. The van der Waals surface area contributed by atoms with Gasteiger partial charge in [0.15, 0.2) is 0 Å². The molecule has 0 aliphatic carbocycles. The van der Waals surface area contributed by atoms with Crippen molar-refractivity contribution in [2.45, 2.75) is 4.90 Å². The summed E-state index contributed by atoms with van der Waals surface area (Å²) in [5.41, 5.74) is 0.140. The van der Waals surface area contributed by atoms with Crippen molar-refractivity contribution in [1.29, 1.82) is 0 Å². The van der Waals surface area contributed by atoms with Crippen molar-refractivity contribution in [3.05, 3.63) is 52.2 Å². The van der Waals surface area contributed by atoms with Crippen LogP contribution in [0.3, 0.4) is 0 Å². The summed E-state index contributed by atoms with van der Waals surface area (Å²) in [6, 6.07) is 7.95. The lowest BCUT2D eigenvalue weighted by molar-refractivity contribution is -0.385. The zero-order chi connectivity index (χ0) is 24.0. The molecule has 0 amide bonds. The van der Waals surface area contributed by atoms with Gasteiger partial charge in [-0.1, -0.05) is 43.8 Å². The molecule has 3 rings (SSSR count). The molecule has 0 atom stereocenters. The number of piperazine rings is 1. The molecular weight excluding hydrogens is 578 g/mol. The van der Waals surface area contributed by atoms with Crippen molar-refractivity contribution >= 4 is 59.1 Å². The number of pyridine rings is 1. The van der Waals surface area contributed by atoms with Gasteiger partial charge in [-0.2, -0.15) is 4.31 Å². The van der Waals surface area contributed by atoms with E-state index in [9.17, 15) is 18.5 Å². The van der Waals surface area contributed by atoms with Gasteiger partial charge in [-0.05, 0) is 12.1 Å². The van der Waals surface area contributed by atoms with Crippen LogP contribution < -0.4 is 9.80 Å². The number of sulfonamides is 1. The monoisotopic (exact) mass is 599 g/mol. The minimum absolute atomic E-state index is 0.141. The van der Waals surface area contributed by atoms with Gasteiger partial charge in [0, 0.05) is 68.3 Å². The standard InChI is InChI=1S/C21H23Br2N5O4S/c1-2-17-15-18(28(29)30)16-19(21(17)26(9-6-22)10-7-23)33(31,32)27-13-11-25(12-14-27)20-5-3-4-8-24-20/h1,3-5,8,15-16H,6-7,9-14H2. The van der Waals surface area contributed by atoms with E-state index in [2.05, 4.69) is 42.8 Å². The Morgan fingerprint density at radius 2 is 1.82 bits per heavy atom. The lowest BCUT2D eigenvalue weighted by Crippen LogP contribution is -2.49. The Kier molecular flexibility index (Phi) is 8.69. The smallest absolute Gasteiger partial charge is 0.272 e. The largest absolute Gasteiger partial charge is 0.368 e. The Bertz CT molecular complexity index is 1130. The van der Waals surface area contributed by atoms with E-state index >= 15 is 0 Å². The first-order valence-electron chi connectivity index (χ1n) is 10.2. The molecule has 2 aromatic rings. The summed E-state index contributed by atoms with van der Waals surface area (Å²) in [6.07, 6.45) is 7.37. The minimum atomic E-state index is -4.05. The third-order valence-corrected chi connectivity index (χ3v) is 7.90. The molecule has 1 aliphatic rings. The van der Waals surface area contributed by atoms with Gasteiger partial charge in [-0.25, -0.2) is 13.4 Å². The average molecular weight is 601 g/mol. The Morgan fingerprint density at radius 1 is 1.15 bits per heavy atom. The summed E-state index contributed by atoms with van der Waals surface area (Å²) in [7, 11) is -4.05. The number of terminal acetylenes is 1. The van der Waals surface area contributed by atoms with Crippen molar-refractivity contribution in [3.63, 3.8) is 0 Å². The Morgan fingerprint density at radius 3 is 2.33 bits per heavy atom. The van der Waals surface area contributed by atoms with Gasteiger partial charge in [-0.3, -0.25) is 10.1 Å². The van der Waals surface area contributed by atoms with Crippen LogP contribution in [0.15, 0.2) is 41.4 Å². The molecule has 2 heterocycles. The van der Waals surface area contributed by atoms with Crippen molar-refractivity contribution < 1.29 is 13.3 Å². The van der Waals surface area contributed by atoms with Gasteiger partial charge in [-0.15, -0.1) is 6.42 Å². The maximum atomic E-state index is 13.8. The van der Waals surface area contributed by atoms with Crippen molar-refractivity contribution in [2.24, 2.45) is 0 Å². The summed E-state index contributed by atoms with van der Waals surface area (Å²) in [4.78, 5) is 18.9. The third kappa shape index (κ3) is 5.66. The quantitative estimate of drug-likeness (QED) is 0.189. The fourth-order valence-corrected chi connectivity index (χ4v) is 6.24. The molecule has 33 heavy (non-hydrogen) atoms. The topological polar surface area (TPSA) is 99.9 Å². The molecule has 0 radical (unpaired) electrons. The van der Waals surface area contributed by atoms with Gasteiger partial charge in [0.05, 0.1) is 16.2 Å². The summed E-state index contributed by atoms with van der Waals surface area (Å²) in [5.74, 6) is 3.23. The normalized spacial score (nSPS) is 14.6. The molecule has 176 valence electrons. The molecule has 1 aliphatic heterocycles. The maximum Gasteiger partial charge on any atom is 0.272 e. The van der Waals surface area contributed by atoms with E-state index in [0.29, 0.717) is 42.5 Å². The number of hydrogen-bond donors (Lipinski definition) is 0. The van der Waals surface area contributed by atoms with Crippen molar-refractivity contribution in [2.75, 3.05) is 59.7 Å². The molecule has 0 spiro atoms. The van der Waals surface area contributed by atoms with Crippen LogP contribution in [0.2, 0.25) is 0 Å². The second kappa shape index (κ2) is 11.3. The van der Waals surface area contributed by atoms with E-state index in [0.717, 1.165) is 11.9 Å². The Hall–Kier alpha value is -2.20. The van der Waals surface area contributed by atoms with E-state index in [1.54, 1.807) is 6.20 Å². The van der Waals surface area contributed by atoms with Gasteiger partial charge < -0.3 is 9.80 Å². The minimum Gasteiger partial charge on any atom is -0.368 e. The number of benzene rings is 1. The highest BCUT2D eigenvalue weighted by Crippen LogP contribution is 2.36. The van der Waals surface area contributed by atoms with Crippen molar-refractivity contribution in [1.82, 2.24) is 9.29 Å². The van der Waals surface area contributed by atoms with Gasteiger partial charge >= 0.3 is 0 Å². The number of anilines is 2. The van der Waals surface area contributed by atoms with Crippen LogP contribution in [-0.2, 0) is 10.0 Å². The SMILES string of the molecule is C#Cc1cc([N+](=O)[O-])cc(S(=O)(=O)N2CCN(c3ccccn3)CC2)c1N(CCBr)CCBr. The van der Waals surface area contributed by atoms with Crippen LogP contribution >= 0.6 is 31.9 Å². The van der Waals surface area contributed by atoms with Crippen LogP contribution in [0.25, 0.3) is 0 Å². The van der Waals surface area contributed by atoms with Crippen molar-refractivity contribution in [3.8, 4) is 12.3 Å². The summed E-state index contributed by atoms with van der Waals surface area (Å²) in [6.45, 7) is 2.32. The van der Waals surface area contributed by atoms with Gasteiger partial charge in [0.2, 0.25) is 10.0 Å². The Labute approximate surface area is 210 Å². The summed E-state index contributed by atoms with van der Waals surface area (Å²) >= 11 is 6.79. The fraction of sp³-hybridized carbons (Fsp3) is 0.381. The number of non-ortho nitro benzene ring substituents is 1. The number of nitro benzene ring substituents is 1. The Balaban J connectivity index is 2.03.